The maximum absolute atomic E-state index is 12.3. The maximum atomic E-state index is 12.3. The summed E-state index contributed by atoms with van der Waals surface area (Å²) >= 11 is 3.25. The van der Waals surface area contributed by atoms with Gasteiger partial charge in [-0.05, 0) is 28.9 Å². The Morgan fingerprint density at radius 1 is 1.38 bits per heavy atom. The highest BCUT2D eigenvalue weighted by Crippen LogP contribution is 2.20. The molecule has 0 spiro atoms. The number of furan rings is 1. The van der Waals surface area contributed by atoms with Gasteiger partial charge in [-0.25, -0.2) is 0 Å². The number of rotatable bonds is 3. The molecule has 6 nitrogen and oxygen atoms in total. The molecule has 1 aliphatic heterocycles. The normalized spacial score (nSPS) is 16.4. The van der Waals surface area contributed by atoms with Crippen molar-refractivity contribution in [2.45, 2.75) is 13.5 Å². The molecular weight excluding hydrogens is 338 g/mol. The van der Waals surface area contributed by atoms with Gasteiger partial charge in [0.25, 0.3) is 5.91 Å². The molecule has 0 N–H and O–H groups in total. The standard InChI is InChI=1S/C14H16BrN3O3/c1-10-8-11(21-16-10)9-17-3-5-18(6-4-17)14(19)12-2-7-20-13(12)15/h2,7-8H,3-6,9H2,1H3. The van der Waals surface area contributed by atoms with E-state index in [1.165, 1.54) is 6.26 Å². The van der Waals surface area contributed by atoms with Crippen LogP contribution in [0.1, 0.15) is 21.8 Å². The predicted octanol–water partition coefficient (Wildman–Crippen LogP) is 2.30. The summed E-state index contributed by atoms with van der Waals surface area (Å²) in [6.07, 6.45) is 1.51. The monoisotopic (exact) mass is 353 g/mol. The van der Waals surface area contributed by atoms with Crippen LogP contribution in [0.15, 0.2) is 32.0 Å². The first-order chi connectivity index (χ1) is 10.1. The van der Waals surface area contributed by atoms with Crippen molar-refractivity contribution in [2.75, 3.05) is 26.2 Å². The Hall–Kier alpha value is -1.60. The number of piperazine rings is 1. The SMILES string of the molecule is Cc1cc(CN2CCN(C(=O)c3ccoc3Br)CC2)on1. The average Bonchev–Trinajstić information content (AvgIpc) is 3.08. The van der Waals surface area contributed by atoms with Crippen LogP contribution in [-0.4, -0.2) is 47.0 Å². The first-order valence-electron chi connectivity index (χ1n) is 6.80. The quantitative estimate of drug-likeness (QED) is 0.846. The molecule has 0 aromatic carbocycles. The summed E-state index contributed by atoms with van der Waals surface area (Å²) in [5, 5.41) is 3.89. The minimum absolute atomic E-state index is 0.00536. The molecule has 0 saturated carbocycles. The molecule has 2 aromatic rings. The summed E-state index contributed by atoms with van der Waals surface area (Å²) in [7, 11) is 0. The Bertz CT molecular complexity index is 629. The fourth-order valence-electron chi connectivity index (χ4n) is 2.44. The summed E-state index contributed by atoms with van der Waals surface area (Å²) in [6, 6.07) is 3.64. The highest BCUT2D eigenvalue weighted by molar-refractivity contribution is 9.10. The maximum Gasteiger partial charge on any atom is 0.258 e. The van der Waals surface area contributed by atoms with Crippen molar-refractivity contribution in [1.82, 2.24) is 15.0 Å². The van der Waals surface area contributed by atoms with Crippen LogP contribution in [0.25, 0.3) is 0 Å². The van der Waals surface area contributed by atoms with E-state index < -0.39 is 0 Å². The van der Waals surface area contributed by atoms with Crippen LogP contribution in [0.4, 0.5) is 0 Å². The van der Waals surface area contributed by atoms with Gasteiger partial charge in [-0.2, -0.15) is 0 Å². The van der Waals surface area contributed by atoms with Crippen molar-refractivity contribution >= 4 is 21.8 Å². The lowest BCUT2D eigenvalue weighted by Gasteiger charge is -2.34. The molecule has 0 radical (unpaired) electrons. The van der Waals surface area contributed by atoms with E-state index in [0.717, 1.165) is 31.1 Å². The van der Waals surface area contributed by atoms with Gasteiger partial charge < -0.3 is 13.8 Å². The third-order valence-electron chi connectivity index (χ3n) is 3.56. The van der Waals surface area contributed by atoms with Gasteiger partial charge in [0.2, 0.25) is 0 Å². The number of aryl methyl sites for hydroxylation is 1. The van der Waals surface area contributed by atoms with E-state index in [0.29, 0.717) is 23.3 Å². The summed E-state index contributed by atoms with van der Waals surface area (Å²) in [6.45, 7) is 5.68. The number of carbonyl (C=O) groups excluding carboxylic acids is 1. The van der Waals surface area contributed by atoms with Crippen LogP contribution in [0.2, 0.25) is 0 Å². The Morgan fingerprint density at radius 3 is 2.71 bits per heavy atom. The minimum Gasteiger partial charge on any atom is -0.457 e. The van der Waals surface area contributed by atoms with Crippen molar-refractivity contribution in [1.29, 1.82) is 0 Å². The van der Waals surface area contributed by atoms with Crippen LogP contribution in [-0.2, 0) is 6.54 Å². The molecule has 1 aliphatic rings. The molecular formula is C14H16BrN3O3. The molecule has 1 saturated heterocycles. The zero-order valence-electron chi connectivity index (χ0n) is 11.7. The van der Waals surface area contributed by atoms with Gasteiger partial charge in [0.15, 0.2) is 10.4 Å². The van der Waals surface area contributed by atoms with Gasteiger partial charge in [-0.15, -0.1) is 0 Å². The van der Waals surface area contributed by atoms with Gasteiger partial charge >= 0.3 is 0 Å². The average molecular weight is 354 g/mol. The number of nitrogens with zero attached hydrogens (tertiary/aromatic N) is 3. The van der Waals surface area contributed by atoms with E-state index >= 15 is 0 Å². The van der Waals surface area contributed by atoms with Crippen LogP contribution >= 0.6 is 15.9 Å². The summed E-state index contributed by atoms with van der Waals surface area (Å²) in [5.41, 5.74) is 1.47. The predicted molar refractivity (Wildman–Crippen MR) is 78.8 cm³/mol. The number of hydrogen-bond acceptors (Lipinski definition) is 5. The second-order valence-electron chi connectivity index (χ2n) is 5.11. The van der Waals surface area contributed by atoms with Gasteiger partial charge in [-0.3, -0.25) is 9.69 Å². The zero-order chi connectivity index (χ0) is 14.8. The highest BCUT2D eigenvalue weighted by atomic mass is 79.9. The summed E-state index contributed by atoms with van der Waals surface area (Å²) < 4.78 is 10.8. The molecule has 0 bridgehead atoms. The van der Waals surface area contributed by atoms with Gasteiger partial charge in [0.1, 0.15) is 0 Å². The second kappa shape index (κ2) is 6.03. The van der Waals surface area contributed by atoms with Crippen molar-refractivity contribution in [3.8, 4) is 0 Å². The van der Waals surface area contributed by atoms with Crippen molar-refractivity contribution in [3.05, 3.63) is 40.1 Å². The van der Waals surface area contributed by atoms with E-state index in [2.05, 4.69) is 26.0 Å². The van der Waals surface area contributed by atoms with Crippen LogP contribution in [0.5, 0.6) is 0 Å². The molecule has 2 aromatic heterocycles. The first kappa shape index (κ1) is 14.3. The Morgan fingerprint density at radius 2 is 2.14 bits per heavy atom. The molecule has 0 unspecified atom stereocenters. The van der Waals surface area contributed by atoms with Crippen molar-refractivity contribution in [2.24, 2.45) is 0 Å². The van der Waals surface area contributed by atoms with Gasteiger partial charge in [0.05, 0.1) is 24.1 Å². The molecule has 7 heteroatoms. The van der Waals surface area contributed by atoms with Crippen LogP contribution in [0.3, 0.4) is 0 Å². The Kier molecular flexibility index (Phi) is 4.12. The number of aromatic nitrogens is 1. The lowest BCUT2D eigenvalue weighted by Crippen LogP contribution is -2.48. The summed E-state index contributed by atoms with van der Waals surface area (Å²) in [5.74, 6) is 0.871. The smallest absolute Gasteiger partial charge is 0.258 e. The van der Waals surface area contributed by atoms with Gasteiger partial charge in [0, 0.05) is 32.2 Å². The van der Waals surface area contributed by atoms with E-state index in [1.807, 2.05) is 17.9 Å². The molecule has 0 aliphatic carbocycles. The molecule has 112 valence electrons. The molecule has 21 heavy (non-hydrogen) atoms. The van der Waals surface area contributed by atoms with E-state index in [4.69, 9.17) is 8.94 Å². The largest absolute Gasteiger partial charge is 0.457 e. The third kappa shape index (κ3) is 3.19. The van der Waals surface area contributed by atoms with E-state index in [1.54, 1.807) is 6.07 Å². The Balaban J connectivity index is 1.55. The van der Waals surface area contributed by atoms with Crippen LogP contribution in [0, 0.1) is 6.92 Å². The van der Waals surface area contributed by atoms with Gasteiger partial charge in [-0.1, -0.05) is 5.16 Å². The lowest BCUT2D eigenvalue weighted by molar-refractivity contribution is 0.0615. The number of halogens is 1. The number of amides is 1. The number of hydrogen-bond donors (Lipinski definition) is 0. The van der Waals surface area contributed by atoms with Crippen molar-refractivity contribution < 1.29 is 13.7 Å². The van der Waals surface area contributed by atoms with Crippen LogP contribution < -0.4 is 0 Å². The fraction of sp³-hybridized carbons (Fsp3) is 0.429. The topological polar surface area (TPSA) is 62.7 Å². The van der Waals surface area contributed by atoms with Crippen molar-refractivity contribution in [3.63, 3.8) is 0 Å². The minimum atomic E-state index is 0.00536. The first-order valence-corrected chi connectivity index (χ1v) is 7.59. The van der Waals surface area contributed by atoms with E-state index in [-0.39, 0.29) is 5.91 Å². The molecule has 3 rings (SSSR count). The number of carbonyl (C=O) groups is 1. The summed E-state index contributed by atoms with van der Waals surface area (Å²) in [4.78, 5) is 16.4. The molecule has 0 atom stereocenters. The van der Waals surface area contributed by atoms with E-state index in [9.17, 15) is 4.79 Å². The zero-order valence-corrected chi connectivity index (χ0v) is 13.3. The third-order valence-corrected chi connectivity index (χ3v) is 4.18. The molecule has 1 amide bonds. The fourth-order valence-corrected chi connectivity index (χ4v) is 2.85. The second-order valence-corrected chi connectivity index (χ2v) is 5.83. The Labute approximate surface area is 130 Å². The molecule has 3 heterocycles. The lowest BCUT2D eigenvalue weighted by atomic mass is 10.2. The molecule has 1 fully saturated rings. The highest BCUT2D eigenvalue weighted by Gasteiger charge is 2.25.